The zero-order chi connectivity index (χ0) is 43.6. The second-order valence-electron chi connectivity index (χ2n) is 14.2. The molecule has 1 heterocycles. The van der Waals surface area contributed by atoms with E-state index in [2.05, 4.69) is 10.3 Å². The monoisotopic (exact) mass is 837 g/mol. The van der Waals surface area contributed by atoms with Crippen LogP contribution in [-0.4, -0.2) is 159 Å². The van der Waals surface area contributed by atoms with Crippen molar-refractivity contribution < 1.29 is 66.9 Å². The van der Waals surface area contributed by atoms with Gasteiger partial charge in [-0.3, -0.25) is 19.4 Å². The van der Waals surface area contributed by atoms with Crippen molar-refractivity contribution in [3.63, 3.8) is 0 Å². The van der Waals surface area contributed by atoms with E-state index in [0.717, 1.165) is 6.08 Å². The minimum Gasteiger partial charge on any atom is -0.439 e. The molecule has 0 fully saturated rings. The molecule has 0 aromatic heterocycles. The average Bonchev–Trinajstić information content (AvgIpc) is 3.20. The Morgan fingerprint density at radius 2 is 1.41 bits per heavy atom. The van der Waals surface area contributed by atoms with Gasteiger partial charge in [-0.1, -0.05) is 38.2 Å². The number of aliphatic imine (C=N–C) groups is 1. The first-order chi connectivity index (χ1) is 28.3. The number of carbonyl (C=O) groups excluding carboxylic acids is 4. The van der Waals surface area contributed by atoms with E-state index >= 15 is 0 Å². The van der Waals surface area contributed by atoms with Crippen molar-refractivity contribution in [2.75, 3.05) is 100 Å². The summed E-state index contributed by atoms with van der Waals surface area (Å²) in [6.45, 7) is 14.3. The number of carbonyl (C=O) groups is 4. The lowest BCUT2D eigenvalue weighted by Crippen LogP contribution is -2.42. The third-order valence-corrected chi connectivity index (χ3v) is 9.56. The summed E-state index contributed by atoms with van der Waals surface area (Å²) in [7, 11) is 2.91. The van der Waals surface area contributed by atoms with Crippen LogP contribution in [0.4, 0.5) is 4.79 Å². The molecule has 0 aromatic rings. The van der Waals surface area contributed by atoms with E-state index in [1.165, 1.54) is 20.3 Å². The number of nitrogens with zero attached hydrogens (tertiary/aromatic N) is 1. The van der Waals surface area contributed by atoms with E-state index in [-0.39, 0.29) is 42.5 Å². The van der Waals surface area contributed by atoms with E-state index in [1.807, 2.05) is 13.8 Å². The fourth-order valence-electron chi connectivity index (χ4n) is 6.41. The van der Waals surface area contributed by atoms with Gasteiger partial charge in [-0.15, -0.1) is 0 Å². The van der Waals surface area contributed by atoms with Gasteiger partial charge < -0.3 is 58.8 Å². The number of fused-ring (bicyclic) bond motifs is 2. The number of hydrogen-bond acceptors (Lipinski definition) is 15. The normalized spacial score (nSPS) is 26.2. The van der Waals surface area contributed by atoms with E-state index in [4.69, 9.17) is 48.4 Å². The number of Topliss-reactive ketones (excluding diaryl/α,β-unsaturated/α-hetero) is 1. The highest BCUT2D eigenvalue weighted by atomic mass is 16.6. The third-order valence-electron chi connectivity index (χ3n) is 9.56. The SMILES string of the molecule is CCOCCOCCOCCOCCOCCOCCN=C1C(=O)C=C2NC(=O)C(C)=C/C=C\[C@@H](OC)[C@H](OC(N)=O)C(C)=C[C@@H](C)[C@H](O)[C@H](OC)C[C@@H](C)CC1C2=O. The summed E-state index contributed by atoms with van der Waals surface area (Å²) in [5.41, 5.74) is 6.12. The number of rotatable bonds is 22. The number of allylic oxidation sites excluding steroid dienone is 4. The molecule has 0 saturated carbocycles. The highest BCUT2D eigenvalue weighted by Gasteiger charge is 2.38. The topological polar surface area (TPSA) is 222 Å². The van der Waals surface area contributed by atoms with Crippen molar-refractivity contribution >= 4 is 29.3 Å². The van der Waals surface area contributed by atoms with Gasteiger partial charge in [0, 0.05) is 38.4 Å². The van der Waals surface area contributed by atoms with Crippen LogP contribution in [0.5, 0.6) is 0 Å². The lowest BCUT2D eigenvalue weighted by molar-refractivity contribution is -0.123. The first-order valence-electron chi connectivity index (χ1n) is 20.2. The minimum absolute atomic E-state index is 0.0727. The first kappa shape index (κ1) is 51.5. The molecule has 2 amide bonds. The van der Waals surface area contributed by atoms with Crippen LogP contribution in [0.15, 0.2) is 52.2 Å². The smallest absolute Gasteiger partial charge is 0.405 e. The maximum Gasteiger partial charge on any atom is 0.405 e. The molecule has 0 radical (unpaired) electrons. The lowest BCUT2D eigenvalue weighted by atomic mass is 9.79. The van der Waals surface area contributed by atoms with Crippen LogP contribution in [0.3, 0.4) is 0 Å². The molecule has 1 aliphatic carbocycles. The van der Waals surface area contributed by atoms with Gasteiger partial charge in [-0.25, -0.2) is 4.79 Å². The molecule has 0 spiro atoms. The van der Waals surface area contributed by atoms with Gasteiger partial charge in [0.2, 0.25) is 5.78 Å². The highest BCUT2D eigenvalue weighted by Crippen LogP contribution is 2.29. The van der Waals surface area contributed by atoms with Gasteiger partial charge in [0.05, 0.1) is 109 Å². The Morgan fingerprint density at radius 3 is 1.93 bits per heavy atom. The number of aliphatic hydroxyl groups excluding tert-OH is 1. The molecule has 0 saturated heterocycles. The van der Waals surface area contributed by atoms with Gasteiger partial charge in [-0.2, -0.15) is 0 Å². The predicted octanol–water partition coefficient (Wildman–Crippen LogP) is 2.68. The zero-order valence-electron chi connectivity index (χ0n) is 35.8. The molecule has 2 aliphatic rings. The number of primary amides is 1. The average molecular weight is 838 g/mol. The van der Waals surface area contributed by atoms with Crippen LogP contribution in [0.25, 0.3) is 0 Å². The van der Waals surface area contributed by atoms with Crippen LogP contribution < -0.4 is 11.1 Å². The minimum atomic E-state index is -1.01. The number of nitrogens with two attached hydrogens (primary N) is 1. The summed E-state index contributed by atoms with van der Waals surface area (Å²) >= 11 is 0. The van der Waals surface area contributed by atoms with Gasteiger partial charge in [0.15, 0.2) is 11.9 Å². The fourth-order valence-corrected chi connectivity index (χ4v) is 6.41. The Labute approximate surface area is 348 Å². The van der Waals surface area contributed by atoms with Crippen molar-refractivity contribution in [1.82, 2.24) is 5.32 Å². The summed E-state index contributed by atoms with van der Waals surface area (Å²) in [6.07, 6.45) is 3.58. The van der Waals surface area contributed by atoms with Crippen molar-refractivity contribution in [3.05, 3.63) is 47.2 Å². The summed E-state index contributed by atoms with van der Waals surface area (Å²) in [4.78, 5) is 57.0. The number of ketones is 2. The molecule has 0 aromatic carbocycles. The van der Waals surface area contributed by atoms with Crippen molar-refractivity contribution in [2.24, 2.45) is 28.5 Å². The summed E-state index contributed by atoms with van der Waals surface area (Å²) in [5, 5.41) is 14.0. The Hall–Kier alpha value is -3.65. The van der Waals surface area contributed by atoms with Crippen molar-refractivity contribution in [3.8, 4) is 0 Å². The van der Waals surface area contributed by atoms with Crippen molar-refractivity contribution in [2.45, 2.75) is 71.9 Å². The quantitative estimate of drug-likeness (QED) is 0.105. The molecule has 2 rings (SSSR count). The van der Waals surface area contributed by atoms with Crippen molar-refractivity contribution in [1.29, 1.82) is 0 Å². The number of amides is 2. The second kappa shape index (κ2) is 29.6. The standard InChI is InChI=1S/C42H67N3O14/c1-8-53-14-15-55-18-19-57-22-23-58-21-20-56-17-16-54-13-12-44-37-32-24-28(2)25-36(52-7)38(47)30(4)26-31(5)40(59-42(43)50)35(51-6)11-9-10-29(3)41(49)45-33(39(32)48)27-34(37)46/h9-11,26-28,30,32,35-36,38,40,47H,8,12-25H2,1-7H3,(H2,43,50)(H,45,49)/b11-9-,29-10?,31-26?,44-37?/t28-,30+,32?,35+,36+,38-,40+/m0/s1. The zero-order valence-corrected chi connectivity index (χ0v) is 35.8. The molecule has 7 atom stereocenters. The fraction of sp³-hybridized carbons (Fsp3) is 0.690. The molecule has 17 nitrogen and oxygen atoms in total. The molecule has 334 valence electrons. The number of ether oxygens (including phenoxy) is 9. The molecule has 59 heavy (non-hydrogen) atoms. The number of methoxy groups -OCH3 is 2. The summed E-state index contributed by atoms with van der Waals surface area (Å²) in [5.74, 6) is -3.22. The molecular formula is C42H67N3O14. The third kappa shape index (κ3) is 19.5. The van der Waals surface area contributed by atoms with Gasteiger partial charge >= 0.3 is 6.09 Å². The Bertz CT molecular complexity index is 1460. The largest absolute Gasteiger partial charge is 0.439 e. The molecule has 2 bridgehead atoms. The van der Waals surface area contributed by atoms with E-state index in [9.17, 15) is 24.3 Å². The molecule has 1 aliphatic heterocycles. The van der Waals surface area contributed by atoms with Gasteiger partial charge in [0.25, 0.3) is 5.91 Å². The number of aliphatic hydroxyl groups is 1. The predicted molar refractivity (Wildman–Crippen MR) is 219 cm³/mol. The maximum atomic E-state index is 14.0. The Balaban J connectivity index is 2.07. The van der Waals surface area contributed by atoms with Crippen LogP contribution >= 0.6 is 0 Å². The molecule has 1 unspecified atom stereocenters. The second-order valence-corrected chi connectivity index (χ2v) is 14.2. The molecule has 4 N–H and O–H groups in total. The maximum absolute atomic E-state index is 14.0. The van der Waals surface area contributed by atoms with E-state index in [0.29, 0.717) is 84.7 Å². The van der Waals surface area contributed by atoms with Gasteiger partial charge in [0.1, 0.15) is 6.10 Å². The van der Waals surface area contributed by atoms with E-state index < -0.39 is 59.8 Å². The van der Waals surface area contributed by atoms with Gasteiger partial charge in [-0.05, 0) is 45.1 Å². The molecule has 17 heteroatoms. The number of nitrogens with one attached hydrogen (secondary N) is 1. The Kier molecular flexibility index (Phi) is 25.8. The van der Waals surface area contributed by atoms with Crippen LogP contribution in [0, 0.1) is 17.8 Å². The Morgan fingerprint density at radius 1 is 0.847 bits per heavy atom. The lowest BCUT2D eigenvalue weighted by Gasteiger charge is -2.31. The molecular weight excluding hydrogens is 770 g/mol. The van der Waals surface area contributed by atoms with E-state index in [1.54, 1.807) is 39.0 Å². The summed E-state index contributed by atoms with van der Waals surface area (Å²) in [6, 6.07) is 0. The van der Waals surface area contributed by atoms with Crippen LogP contribution in [0.2, 0.25) is 0 Å². The van der Waals surface area contributed by atoms with Crippen LogP contribution in [0.1, 0.15) is 47.5 Å². The first-order valence-corrected chi connectivity index (χ1v) is 20.2. The van der Waals surface area contributed by atoms with Crippen LogP contribution in [-0.2, 0) is 57.0 Å². The highest BCUT2D eigenvalue weighted by molar-refractivity contribution is 6.51. The summed E-state index contributed by atoms with van der Waals surface area (Å²) < 4.78 is 49.5. The number of hydrogen-bond donors (Lipinski definition) is 3.